The van der Waals surface area contributed by atoms with E-state index in [0.29, 0.717) is 25.0 Å². The van der Waals surface area contributed by atoms with Gasteiger partial charge in [-0.3, -0.25) is 0 Å². The third kappa shape index (κ3) is 0.172. The number of hydrogen-bond donors (Lipinski definition) is 2. The summed E-state index contributed by atoms with van der Waals surface area (Å²) in [5.41, 5.74) is 0. The van der Waals surface area contributed by atoms with Gasteiger partial charge < -0.3 is 0 Å². The topological polar surface area (TPSA) is 52.6 Å². The van der Waals surface area contributed by atoms with Crippen LogP contribution in [0.2, 0.25) is 95.3 Å². The van der Waals surface area contributed by atoms with E-state index in [4.69, 9.17) is 0 Å². The quantitative estimate of drug-likeness (QED) is 0.415. The first kappa shape index (κ1) is 13.7. The van der Waals surface area contributed by atoms with Gasteiger partial charge in [0.25, 0.3) is 0 Å². The van der Waals surface area contributed by atoms with Crippen molar-refractivity contribution in [3.8, 4) is 0 Å². The monoisotopic (exact) mass is 554 g/mol. The molecule has 0 aromatic rings. The molecule has 0 radical (unpaired) electrons. The number of nitrogens with one attached hydrogen (secondary N) is 1. The molecule has 0 saturated carbocycles. The van der Waals surface area contributed by atoms with Crippen LogP contribution in [0.4, 0.5) is 0 Å². The van der Waals surface area contributed by atoms with Gasteiger partial charge >= 0.3 is 185 Å². The molecule has 21 aliphatic rings. The van der Waals surface area contributed by atoms with Gasteiger partial charge in [0.05, 0.1) is 0 Å². The summed E-state index contributed by atoms with van der Waals surface area (Å²) >= 11 is 0. The number of carbonyl (C=O) groups excluding carboxylic acids is 1. The molecule has 8 unspecified atom stereocenters. The number of piperidine rings is 1. The zero-order chi connectivity index (χ0) is 21.3. The van der Waals surface area contributed by atoms with Crippen molar-refractivity contribution in [3.63, 3.8) is 0 Å². The van der Waals surface area contributed by atoms with E-state index in [0.717, 1.165) is 40.6 Å². The van der Waals surface area contributed by atoms with E-state index in [9.17, 15) is 9.90 Å². The van der Waals surface area contributed by atoms with Crippen LogP contribution in [0.5, 0.6) is 0 Å². The van der Waals surface area contributed by atoms with E-state index >= 15 is 0 Å². The van der Waals surface area contributed by atoms with Gasteiger partial charge in [0, 0.05) is 0 Å². The third-order valence-electron chi connectivity index (χ3n) is 33.1. The van der Waals surface area contributed by atoms with Gasteiger partial charge in [0.2, 0.25) is 0 Å². The van der Waals surface area contributed by atoms with Crippen molar-refractivity contribution < 1.29 is 22.9 Å². The summed E-state index contributed by atoms with van der Waals surface area (Å²) in [6.07, 6.45) is 2.04. The summed E-state index contributed by atoms with van der Waals surface area (Å²) in [6, 6.07) is 0.955. The number of carbonyl (C=O) groups is 1. The standard InChI is InChI=1S/C19H24N2O2.2C5H5.2Fe/c22-14-15-9-11-21(12-10-15)18(23)13-20-19(16-5-1-2-6-16)17-7-3-4-8-17;2*1-2-4-5-3-1;;/h1-8,15,19-20,22H,9-14H2;2*1-5H;;. The van der Waals surface area contributed by atoms with E-state index in [1.165, 1.54) is 86.7 Å². The Morgan fingerprint density at radius 3 is 1.43 bits per heavy atom. The predicted molar refractivity (Wildman–Crippen MR) is 121 cm³/mol. The Morgan fingerprint density at radius 1 is 0.743 bits per heavy atom. The van der Waals surface area contributed by atoms with Crippen LogP contribution >= 0.6 is 0 Å². The van der Waals surface area contributed by atoms with E-state index in [1.807, 2.05) is 0 Å². The normalized spacial score (nSPS) is 121. The maximum absolute atomic E-state index is 13.7. The van der Waals surface area contributed by atoms with Crippen LogP contribution in [0.3, 0.4) is 0 Å². The molecule has 1 amide bonds. The maximum atomic E-state index is 13.7. The molecule has 21 rings (SSSR count). The number of rotatable bonds is 6. The Morgan fingerprint density at radius 2 is 1.14 bits per heavy atom. The van der Waals surface area contributed by atoms with Gasteiger partial charge in [0.1, 0.15) is 0 Å². The zero-order valence-electron chi connectivity index (χ0n) is 19.8. The number of fused-ring (bicyclic) bond motifs is 20. The second-order valence-electron chi connectivity index (χ2n) is 23.3. The fourth-order valence-corrected chi connectivity index (χ4v) is 187. The van der Waals surface area contributed by atoms with Gasteiger partial charge in [-0.2, -0.15) is 0 Å². The molecular weight excluding hydrogens is 520 g/mol. The average molecular weight is 554 g/mol. The predicted octanol–water partition coefficient (Wildman–Crippen LogP) is 5.69. The molecule has 0 aromatic carbocycles. The van der Waals surface area contributed by atoms with Gasteiger partial charge in [-0.25, -0.2) is 0 Å². The first-order chi connectivity index (χ1) is 16.6. The Labute approximate surface area is 184 Å². The van der Waals surface area contributed by atoms with Crippen molar-refractivity contribution in [2.75, 3.05) is 26.2 Å². The zero-order valence-corrected chi connectivity index (χ0v) is 22.0. The molecular formula is C29H34Fe2N2O2. The summed E-state index contributed by atoms with van der Waals surface area (Å²) in [4.78, 5) is 41.7. The fourth-order valence-electron chi connectivity index (χ4n) is 36.6. The Bertz CT molecular complexity index is 2050. The van der Waals surface area contributed by atoms with Crippen molar-refractivity contribution in [2.45, 2.75) is 114 Å². The minimum absolute atomic E-state index is 0.313. The van der Waals surface area contributed by atoms with Crippen molar-refractivity contribution in [1.82, 2.24) is 10.2 Å². The number of aliphatic hydroxyl groups is 1. The Balaban J connectivity index is 0.843. The molecule has 2 N–H and O–H groups in total. The molecule has 0 aromatic heterocycles. The van der Waals surface area contributed by atoms with Crippen molar-refractivity contribution >= 4 is 5.91 Å². The molecule has 2 spiro atoms. The van der Waals surface area contributed by atoms with Crippen LogP contribution in [0.1, 0.15) is 12.8 Å². The molecule has 8 atom stereocenters. The molecule has 0 bridgehead atoms. The molecule has 21 heterocycles. The van der Waals surface area contributed by atoms with Gasteiger partial charge in [-0.1, -0.05) is 0 Å². The molecule has 35 heavy (non-hydrogen) atoms. The van der Waals surface area contributed by atoms with Gasteiger partial charge in [-0.15, -0.1) is 0 Å². The molecule has 0 aliphatic carbocycles. The van der Waals surface area contributed by atoms with Crippen molar-refractivity contribution in [3.05, 3.63) is 0 Å². The van der Waals surface area contributed by atoms with Crippen LogP contribution < -0.4 is 5.32 Å². The second-order valence-corrected chi connectivity index (χ2v) is 70.5. The fraction of sp³-hybridized carbons (Fsp3) is 0.966. The Kier molecular flexibility index (Phi) is 0.488. The number of nitrogens with zero attached hydrogens (tertiary/aromatic N) is 1. The number of hydrogen-bond acceptors (Lipinski definition) is 3. The summed E-state index contributed by atoms with van der Waals surface area (Å²) in [5.74, 6) is 0.883. The van der Waals surface area contributed by atoms with E-state index < -0.39 is 13.0 Å². The van der Waals surface area contributed by atoms with Crippen LogP contribution in [0, 0.1) is 5.92 Å². The van der Waals surface area contributed by atoms with Crippen molar-refractivity contribution in [1.29, 1.82) is 0 Å². The molecule has 21 aliphatic heterocycles. The van der Waals surface area contributed by atoms with Crippen LogP contribution in [0.25, 0.3) is 0 Å². The van der Waals surface area contributed by atoms with Gasteiger partial charge in [-0.05, 0) is 0 Å². The molecule has 4 nitrogen and oxygen atoms in total. The average Bonchev–Trinajstić information content (AvgIpc) is 3.77. The van der Waals surface area contributed by atoms with Crippen LogP contribution in [0.15, 0.2) is 0 Å². The summed E-state index contributed by atoms with van der Waals surface area (Å²) in [6.45, 7) is -3.65. The second kappa shape index (κ2) is 1.25. The third-order valence-corrected chi connectivity index (χ3v) is 118. The first-order valence-electron chi connectivity index (χ1n) is 15.7. The number of amides is 1. The minimum atomic E-state index is -3.24. The van der Waals surface area contributed by atoms with Crippen LogP contribution in [-0.4, -0.2) is 48.2 Å². The SMILES string of the molecule is O=C(CNC([C]12[CH]3[CH]4[CH]5[CH]1[Fe]45321678[CH]2[CH]1[CH]6[CH]7[CH]28)[C]12[CH]3[CH]4[CH]5[CH]1[Fe]45321678[CH]2[CH]1[CH]6[CH]7[CH]28)N1CCC(CO)CC1. The Hall–Kier alpha value is 0.429. The molecule has 6 heteroatoms. The molecule has 188 valence electrons. The molecule has 21 fully saturated rings. The summed E-state index contributed by atoms with van der Waals surface area (Å²) in [7, 11) is 0. The summed E-state index contributed by atoms with van der Waals surface area (Å²) in [5, 5.41) is 14.1. The number of aliphatic hydroxyl groups excluding tert-OH is 1. The van der Waals surface area contributed by atoms with Crippen molar-refractivity contribution in [2.24, 2.45) is 5.92 Å². The summed E-state index contributed by atoms with van der Waals surface area (Å²) < 4.78 is 1.95. The van der Waals surface area contributed by atoms with Crippen LogP contribution in [-0.2, 0) is 17.8 Å². The molecule has 21 saturated heterocycles. The first-order valence-corrected chi connectivity index (χ1v) is 28.3. The van der Waals surface area contributed by atoms with E-state index in [2.05, 4.69) is 10.2 Å². The number of likely N-dealkylation sites (tertiary alicyclic amines) is 1. The van der Waals surface area contributed by atoms with E-state index in [-0.39, 0.29) is 0 Å². The van der Waals surface area contributed by atoms with Gasteiger partial charge in [0.15, 0.2) is 0 Å². The van der Waals surface area contributed by atoms with E-state index in [1.54, 1.807) is 0 Å².